The fraction of sp³-hybridized carbons (Fsp3) is 0.500. The zero-order valence-corrected chi connectivity index (χ0v) is 21.0. The molecule has 0 saturated carbocycles. The molecule has 4 N–H and O–H groups in total. The summed E-state index contributed by atoms with van der Waals surface area (Å²) >= 11 is 1.06. The van der Waals surface area contributed by atoms with Crippen molar-refractivity contribution in [3.8, 4) is 5.75 Å². The third kappa shape index (κ3) is 5.29. The number of aliphatic carboxylic acids is 1. The largest absolute Gasteiger partial charge is 0.508 e. The van der Waals surface area contributed by atoms with Gasteiger partial charge in [0.05, 0.1) is 24.3 Å². The number of thioether (sulfide) groups is 1. The van der Waals surface area contributed by atoms with Crippen LogP contribution in [-0.4, -0.2) is 67.7 Å². The van der Waals surface area contributed by atoms with Crippen LogP contribution in [0.4, 0.5) is 4.79 Å². The molecule has 194 valence electrons. The fourth-order valence-electron chi connectivity index (χ4n) is 4.43. The maximum Gasteiger partial charge on any atom is 0.410 e. The highest BCUT2D eigenvalue weighted by Gasteiger charge is 2.58. The zero-order valence-electron chi connectivity index (χ0n) is 20.2. The second-order valence-corrected chi connectivity index (χ2v) is 11.2. The summed E-state index contributed by atoms with van der Waals surface area (Å²) in [6.07, 6.45) is -0.571. The number of carboxylic acids is 1. The quantitative estimate of drug-likeness (QED) is 0.326. The van der Waals surface area contributed by atoms with E-state index < -0.39 is 40.0 Å². The van der Waals surface area contributed by atoms with Crippen LogP contribution in [-0.2, 0) is 30.3 Å². The molecule has 3 atom stereocenters. The minimum Gasteiger partial charge on any atom is -0.508 e. The molecule has 3 amide bonds. The molecule has 1 unspecified atom stereocenters. The van der Waals surface area contributed by atoms with Crippen molar-refractivity contribution in [1.82, 2.24) is 15.5 Å². The van der Waals surface area contributed by atoms with Crippen molar-refractivity contribution < 1.29 is 38.9 Å². The van der Waals surface area contributed by atoms with Gasteiger partial charge in [0.15, 0.2) is 4.99 Å². The van der Waals surface area contributed by atoms with E-state index in [1.807, 2.05) is 0 Å². The van der Waals surface area contributed by atoms with Crippen LogP contribution < -0.4 is 10.6 Å². The first-order chi connectivity index (χ1) is 16.9. The van der Waals surface area contributed by atoms with Crippen LogP contribution >= 0.6 is 11.8 Å². The number of phenols is 1. The number of carbonyl (C=O) groups is 4. The number of nitrogens with one attached hydrogen (secondary N) is 2. The highest BCUT2D eigenvalue weighted by Crippen LogP contribution is 2.50. The lowest BCUT2D eigenvalue weighted by atomic mass is 9.96. The van der Waals surface area contributed by atoms with Gasteiger partial charge in [-0.25, -0.2) is 9.59 Å². The Morgan fingerprint density at radius 1 is 1.22 bits per heavy atom. The first-order valence-corrected chi connectivity index (χ1v) is 12.5. The van der Waals surface area contributed by atoms with Crippen molar-refractivity contribution in [3.63, 3.8) is 0 Å². The molecule has 36 heavy (non-hydrogen) atoms. The number of hydrogen-bond acceptors (Lipinski definition) is 8. The number of phenolic OH excluding ortho intramolecular Hbond substituents is 1. The Kier molecular flexibility index (Phi) is 6.93. The maximum absolute atomic E-state index is 13.3. The Morgan fingerprint density at radius 2 is 1.92 bits per heavy atom. The third-order valence-corrected chi connectivity index (χ3v) is 7.27. The van der Waals surface area contributed by atoms with Gasteiger partial charge in [-0.1, -0.05) is 23.9 Å². The van der Waals surface area contributed by atoms with E-state index >= 15 is 0 Å². The van der Waals surface area contributed by atoms with Gasteiger partial charge < -0.3 is 25.0 Å². The minimum atomic E-state index is -1.74. The summed E-state index contributed by atoms with van der Waals surface area (Å²) < 4.78 is 11.3. The summed E-state index contributed by atoms with van der Waals surface area (Å²) in [4.78, 5) is 50.6. The molecule has 2 fully saturated rings. The van der Waals surface area contributed by atoms with Gasteiger partial charge in [-0.2, -0.15) is 0 Å². The number of fused-ring (bicyclic) bond motifs is 1. The fourth-order valence-corrected chi connectivity index (χ4v) is 6.06. The molecule has 4 rings (SSSR count). The molecule has 3 aliphatic heterocycles. The van der Waals surface area contributed by atoms with Crippen molar-refractivity contribution in [2.75, 3.05) is 6.61 Å². The number of nitrogens with zero attached hydrogens (tertiary/aromatic N) is 1. The van der Waals surface area contributed by atoms with Crippen LogP contribution in [0.1, 0.15) is 45.6 Å². The molecule has 3 aliphatic rings. The molecule has 1 aromatic carbocycles. The van der Waals surface area contributed by atoms with Crippen LogP contribution in [0.15, 0.2) is 35.5 Å². The minimum absolute atomic E-state index is 0.0475. The smallest absolute Gasteiger partial charge is 0.410 e. The molecule has 0 bridgehead atoms. The Labute approximate surface area is 212 Å². The molecule has 0 spiro atoms. The van der Waals surface area contributed by atoms with Crippen LogP contribution in [0.5, 0.6) is 5.75 Å². The Balaban J connectivity index is 1.78. The molecule has 1 aromatic rings. The summed E-state index contributed by atoms with van der Waals surface area (Å²) in [6.45, 7) is 5.42. The second-order valence-electron chi connectivity index (χ2n) is 9.81. The van der Waals surface area contributed by atoms with Crippen LogP contribution in [0.3, 0.4) is 0 Å². The van der Waals surface area contributed by atoms with Crippen LogP contribution in [0.25, 0.3) is 0 Å². The average Bonchev–Trinajstić information content (AvgIpc) is 3.27. The molecule has 2 saturated heterocycles. The Bertz CT molecular complexity index is 1110. The number of rotatable bonds is 6. The van der Waals surface area contributed by atoms with E-state index in [1.54, 1.807) is 32.9 Å². The maximum atomic E-state index is 13.3. The number of alkyl carbamates (subject to hydrolysis) is 1. The second kappa shape index (κ2) is 9.66. The van der Waals surface area contributed by atoms with Gasteiger partial charge in [0.2, 0.25) is 11.8 Å². The van der Waals surface area contributed by atoms with Gasteiger partial charge in [-0.05, 0) is 51.3 Å². The van der Waals surface area contributed by atoms with E-state index in [1.165, 1.54) is 17.0 Å². The average molecular weight is 520 g/mol. The molecule has 12 heteroatoms. The Hall–Kier alpha value is -3.25. The predicted molar refractivity (Wildman–Crippen MR) is 129 cm³/mol. The van der Waals surface area contributed by atoms with Crippen LogP contribution in [0.2, 0.25) is 0 Å². The number of carbonyl (C=O) groups excluding carboxylic acids is 3. The first kappa shape index (κ1) is 25.8. The van der Waals surface area contributed by atoms with E-state index in [4.69, 9.17) is 9.47 Å². The highest BCUT2D eigenvalue weighted by molar-refractivity contribution is 8.01. The topological polar surface area (TPSA) is 154 Å². The van der Waals surface area contributed by atoms with Gasteiger partial charge in [-0.15, -0.1) is 0 Å². The van der Waals surface area contributed by atoms with E-state index in [-0.39, 0.29) is 35.8 Å². The number of carboxylic acid groups (broad SMARTS) is 1. The van der Waals surface area contributed by atoms with E-state index in [0.717, 1.165) is 11.8 Å². The summed E-state index contributed by atoms with van der Waals surface area (Å²) in [7, 11) is 0. The van der Waals surface area contributed by atoms with Crippen molar-refractivity contribution in [3.05, 3.63) is 41.1 Å². The van der Waals surface area contributed by atoms with Gasteiger partial charge in [-0.3, -0.25) is 19.8 Å². The zero-order chi connectivity index (χ0) is 26.3. The van der Waals surface area contributed by atoms with Crippen molar-refractivity contribution >= 4 is 35.6 Å². The number of amides is 3. The lowest BCUT2D eigenvalue weighted by Gasteiger charge is -2.52. The van der Waals surface area contributed by atoms with Crippen molar-refractivity contribution in [1.29, 1.82) is 0 Å². The van der Waals surface area contributed by atoms with Gasteiger partial charge in [0, 0.05) is 12.2 Å². The van der Waals surface area contributed by atoms with E-state index in [9.17, 15) is 29.4 Å². The number of benzene rings is 1. The van der Waals surface area contributed by atoms with Crippen LogP contribution in [0, 0.1) is 0 Å². The first-order valence-electron chi connectivity index (χ1n) is 11.6. The van der Waals surface area contributed by atoms with Gasteiger partial charge in [0.1, 0.15) is 17.0 Å². The number of aromatic hydroxyl groups is 1. The highest BCUT2D eigenvalue weighted by atomic mass is 32.2. The number of hydrogen-bond donors (Lipinski definition) is 4. The standard InChI is InChI=1S/C24H29N3O8S/c1-23(2,3)35-22(33)26-24(25-16(29)11-13-6-8-14(28)9-7-13)19(15-5-4-10-34-15)20(21(31)32)27-17(30)12-18(27)36-24/h6-9,15,18,28H,4-5,10-12H2,1-3H3,(H,25,29)(H,26,33)(H,31,32)/t15-,18-,24?/m1/s1. The molecule has 0 aromatic heterocycles. The van der Waals surface area contributed by atoms with E-state index in [2.05, 4.69) is 10.6 Å². The molecule has 3 heterocycles. The monoisotopic (exact) mass is 519 g/mol. The predicted octanol–water partition coefficient (Wildman–Crippen LogP) is 2.05. The lowest BCUT2D eigenvalue weighted by Crippen LogP contribution is -2.69. The summed E-state index contributed by atoms with van der Waals surface area (Å²) in [5.74, 6) is -2.18. The lowest BCUT2D eigenvalue weighted by molar-refractivity contribution is -0.146. The number of ether oxygens (including phenoxy) is 2. The third-order valence-electron chi connectivity index (χ3n) is 5.84. The van der Waals surface area contributed by atoms with Gasteiger partial charge >= 0.3 is 12.1 Å². The van der Waals surface area contributed by atoms with Gasteiger partial charge in [0.25, 0.3) is 0 Å². The summed E-state index contributed by atoms with van der Waals surface area (Å²) in [5.41, 5.74) is -0.475. The molecule has 0 radical (unpaired) electrons. The molecule has 11 nitrogen and oxygen atoms in total. The molecular formula is C24H29N3O8S. The Morgan fingerprint density at radius 3 is 2.47 bits per heavy atom. The number of β-lactam (4-membered cyclic amide) rings is 1. The van der Waals surface area contributed by atoms with Crippen molar-refractivity contribution in [2.24, 2.45) is 0 Å². The SMILES string of the molecule is CC(C)(C)OC(=O)NC1(NC(=O)Cc2ccc(O)cc2)S[C@@H]2CC(=O)N2C(C(=O)O)=C1[C@H]1CCCO1. The molecule has 0 aliphatic carbocycles. The summed E-state index contributed by atoms with van der Waals surface area (Å²) in [5, 5.41) is 24.6. The van der Waals surface area contributed by atoms with Crippen molar-refractivity contribution in [2.45, 2.75) is 68.5 Å². The summed E-state index contributed by atoms with van der Waals surface area (Å²) in [6, 6.07) is 6.07. The van der Waals surface area contributed by atoms with E-state index in [0.29, 0.717) is 25.0 Å². The normalized spacial score (nSPS) is 25.6. The molecular weight excluding hydrogens is 490 g/mol.